The minimum Gasteiger partial charge on any atom is -0.454 e. The van der Waals surface area contributed by atoms with Crippen LogP contribution in [0.4, 0.5) is 17.1 Å². The van der Waals surface area contributed by atoms with Crippen LogP contribution in [-0.2, 0) is 10.8 Å². The van der Waals surface area contributed by atoms with E-state index in [1.54, 1.807) is 0 Å². The van der Waals surface area contributed by atoms with E-state index in [1.807, 2.05) is 36.4 Å². The van der Waals surface area contributed by atoms with Crippen molar-refractivity contribution >= 4 is 49.8 Å². The second-order valence-corrected chi connectivity index (χ2v) is 14.9. The molecule has 0 N–H and O–H groups in total. The summed E-state index contributed by atoms with van der Waals surface area (Å²) in [5, 5.41) is 14.2. The van der Waals surface area contributed by atoms with Crippen LogP contribution in [0.3, 0.4) is 0 Å². The number of hydrogen-bond acceptors (Lipinski definition) is 3. The minimum absolute atomic E-state index is 0.0444. The quantitative estimate of drug-likeness (QED) is 0.193. The second-order valence-electron chi connectivity index (χ2n) is 14.9. The summed E-state index contributed by atoms with van der Waals surface area (Å²) in [6, 6.07) is 50.0. The first kappa shape index (κ1) is 28.9. The number of rotatable bonds is 3. The Balaban J connectivity index is 1.16. The van der Waals surface area contributed by atoms with Crippen LogP contribution in [-0.4, -0.2) is 0 Å². The number of benzene rings is 7. The first-order chi connectivity index (χ1) is 24.3. The van der Waals surface area contributed by atoms with Gasteiger partial charge in [0.25, 0.3) is 0 Å². The van der Waals surface area contributed by atoms with Crippen molar-refractivity contribution in [1.82, 2.24) is 0 Å². The average molecular weight is 643 g/mol. The molecule has 2 aliphatic rings. The SMILES string of the molecule is CC1(C)c2ccccc2-c2cc3c(cc21)-c1ccc2cc(N(c4ccc(C#N)cc4)c4cccc5c4oc4ccccc45)ccc2c1C3(C)C. The predicted molar refractivity (Wildman–Crippen MR) is 206 cm³/mol. The Bertz CT molecular complexity index is 2770. The van der Waals surface area contributed by atoms with Gasteiger partial charge < -0.3 is 9.32 Å². The fraction of sp³-hybridized carbons (Fsp3) is 0.128. The Hall–Kier alpha value is -6.11. The lowest BCUT2D eigenvalue weighted by atomic mass is 9.78. The zero-order valence-electron chi connectivity index (χ0n) is 28.5. The average Bonchev–Trinajstić information content (AvgIpc) is 3.71. The summed E-state index contributed by atoms with van der Waals surface area (Å²) >= 11 is 0. The van der Waals surface area contributed by atoms with Crippen LogP contribution in [0.5, 0.6) is 0 Å². The summed E-state index contributed by atoms with van der Waals surface area (Å²) in [6.45, 7) is 9.49. The molecule has 0 saturated carbocycles. The van der Waals surface area contributed by atoms with Gasteiger partial charge in [0.2, 0.25) is 0 Å². The van der Waals surface area contributed by atoms with Crippen LogP contribution in [0.2, 0.25) is 0 Å². The largest absolute Gasteiger partial charge is 0.454 e. The van der Waals surface area contributed by atoms with Crippen LogP contribution in [0, 0.1) is 11.3 Å². The minimum atomic E-state index is -0.172. The van der Waals surface area contributed by atoms with Gasteiger partial charge in [0.05, 0.1) is 17.3 Å². The number of hydrogen-bond donors (Lipinski definition) is 0. The summed E-state index contributed by atoms with van der Waals surface area (Å²) in [6.07, 6.45) is 0. The van der Waals surface area contributed by atoms with E-state index >= 15 is 0 Å². The Morgan fingerprint density at radius 1 is 0.540 bits per heavy atom. The number of nitriles is 1. The van der Waals surface area contributed by atoms with Crippen LogP contribution >= 0.6 is 0 Å². The molecular weight excluding hydrogens is 609 g/mol. The maximum absolute atomic E-state index is 9.56. The highest BCUT2D eigenvalue weighted by atomic mass is 16.3. The van der Waals surface area contributed by atoms with Crippen LogP contribution in [0.1, 0.15) is 55.5 Å². The fourth-order valence-electron chi connectivity index (χ4n) is 9.00. The Kier molecular flexibility index (Phi) is 5.75. The molecule has 1 heterocycles. The van der Waals surface area contributed by atoms with E-state index in [2.05, 4.69) is 136 Å². The number of para-hydroxylation sites is 2. The molecule has 50 heavy (non-hydrogen) atoms. The fourth-order valence-corrected chi connectivity index (χ4v) is 9.00. The lowest BCUT2D eigenvalue weighted by Crippen LogP contribution is -2.17. The Labute approximate surface area is 291 Å². The lowest BCUT2D eigenvalue weighted by molar-refractivity contribution is 0.654. The smallest absolute Gasteiger partial charge is 0.159 e. The summed E-state index contributed by atoms with van der Waals surface area (Å²) in [7, 11) is 0. The van der Waals surface area contributed by atoms with Gasteiger partial charge in [-0.15, -0.1) is 0 Å². The molecule has 8 aromatic rings. The zero-order valence-corrected chi connectivity index (χ0v) is 28.5. The Morgan fingerprint density at radius 3 is 2.06 bits per heavy atom. The number of nitrogens with zero attached hydrogens (tertiary/aromatic N) is 2. The molecule has 0 bridgehead atoms. The molecular formula is C47H34N2O. The van der Waals surface area contributed by atoms with E-state index in [4.69, 9.17) is 4.42 Å². The third-order valence-corrected chi connectivity index (χ3v) is 11.5. The molecule has 0 aliphatic heterocycles. The van der Waals surface area contributed by atoms with E-state index in [1.165, 1.54) is 55.3 Å². The van der Waals surface area contributed by atoms with E-state index in [-0.39, 0.29) is 10.8 Å². The van der Waals surface area contributed by atoms with E-state index < -0.39 is 0 Å². The highest BCUT2D eigenvalue weighted by Gasteiger charge is 2.42. The molecule has 0 atom stereocenters. The van der Waals surface area contributed by atoms with Gasteiger partial charge in [-0.1, -0.05) is 100 Å². The van der Waals surface area contributed by atoms with Crippen molar-refractivity contribution in [2.24, 2.45) is 0 Å². The van der Waals surface area contributed by atoms with Crippen molar-refractivity contribution in [3.63, 3.8) is 0 Å². The van der Waals surface area contributed by atoms with Crippen molar-refractivity contribution in [1.29, 1.82) is 5.26 Å². The van der Waals surface area contributed by atoms with Gasteiger partial charge >= 0.3 is 0 Å². The summed E-state index contributed by atoms with van der Waals surface area (Å²) < 4.78 is 6.54. The molecule has 238 valence electrons. The number of fused-ring (bicyclic) bond motifs is 11. The number of furan rings is 1. The van der Waals surface area contributed by atoms with E-state index in [9.17, 15) is 5.26 Å². The molecule has 0 radical (unpaired) electrons. The highest BCUT2D eigenvalue weighted by Crippen LogP contribution is 2.57. The molecule has 0 saturated heterocycles. The first-order valence-corrected chi connectivity index (χ1v) is 17.3. The third kappa shape index (κ3) is 3.79. The zero-order chi connectivity index (χ0) is 33.9. The monoisotopic (exact) mass is 642 g/mol. The lowest BCUT2D eigenvalue weighted by Gasteiger charge is -2.27. The van der Waals surface area contributed by atoms with Gasteiger partial charge in [-0.25, -0.2) is 0 Å². The highest BCUT2D eigenvalue weighted by molar-refractivity contribution is 6.10. The van der Waals surface area contributed by atoms with Gasteiger partial charge in [-0.3, -0.25) is 0 Å². The van der Waals surface area contributed by atoms with Crippen molar-refractivity contribution < 1.29 is 4.42 Å². The maximum atomic E-state index is 9.56. The molecule has 2 aliphatic carbocycles. The Morgan fingerprint density at radius 2 is 1.24 bits per heavy atom. The van der Waals surface area contributed by atoms with Gasteiger partial charge in [-0.2, -0.15) is 5.26 Å². The second kappa shape index (κ2) is 9.97. The molecule has 3 heteroatoms. The molecule has 7 aromatic carbocycles. The van der Waals surface area contributed by atoms with Crippen LogP contribution < -0.4 is 4.90 Å². The molecule has 0 unspecified atom stereocenters. The summed E-state index contributed by atoms with van der Waals surface area (Å²) in [5.41, 5.74) is 16.1. The van der Waals surface area contributed by atoms with E-state index in [0.717, 1.165) is 39.0 Å². The normalized spacial score (nSPS) is 14.7. The number of anilines is 3. The molecule has 3 nitrogen and oxygen atoms in total. The van der Waals surface area contributed by atoms with Crippen molar-refractivity contribution in [3.05, 3.63) is 161 Å². The van der Waals surface area contributed by atoms with Crippen molar-refractivity contribution in [3.8, 4) is 28.3 Å². The molecule has 10 rings (SSSR count). The van der Waals surface area contributed by atoms with Crippen molar-refractivity contribution in [2.75, 3.05) is 4.90 Å². The van der Waals surface area contributed by atoms with Crippen LogP contribution in [0.25, 0.3) is 55.0 Å². The standard InChI is InChI=1S/C47H34N2O/c1-46(2)39-13-7-5-10-33(39)37-25-41-38(26-40(37)46)35-22-18-29-24-31(21-23-32(29)44(35)47(41,3)4)49(30-19-16-28(27-48)17-20-30)42-14-9-12-36-34-11-6-8-15-43(34)50-45(36)42/h5-26H,1-4H3. The molecule has 0 fully saturated rings. The maximum Gasteiger partial charge on any atom is 0.159 e. The first-order valence-electron chi connectivity index (χ1n) is 17.3. The predicted octanol–water partition coefficient (Wildman–Crippen LogP) is 12.7. The van der Waals surface area contributed by atoms with Gasteiger partial charge in [-0.05, 0) is 116 Å². The topological polar surface area (TPSA) is 40.2 Å². The third-order valence-electron chi connectivity index (χ3n) is 11.5. The van der Waals surface area contributed by atoms with Gasteiger partial charge in [0.1, 0.15) is 5.58 Å². The van der Waals surface area contributed by atoms with Crippen molar-refractivity contribution in [2.45, 2.75) is 38.5 Å². The van der Waals surface area contributed by atoms with E-state index in [0.29, 0.717) is 5.56 Å². The molecule has 0 amide bonds. The molecule has 1 aromatic heterocycles. The van der Waals surface area contributed by atoms with Gasteiger partial charge in [0.15, 0.2) is 5.58 Å². The summed E-state index contributed by atoms with van der Waals surface area (Å²) in [5.74, 6) is 0. The summed E-state index contributed by atoms with van der Waals surface area (Å²) in [4.78, 5) is 2.25. The molecule has 0 spiro atoms. The van der Waals surface area contributed by atoms with Gasteiger partial charge in [0, 0.05) is 33.0 Å². The van der Waals surface area contributed by atoms with Crippen LogP contribution in [0.15, 0.2) is 138 Å².